The van der Waals surface area contributed by atoms with Crippen LogP contribution in [0.1, 0.15) is 48.0 Å². The van der Waals surface area contributed by atoms with Crippen molar-refractivity contribution in [1.29, 1.82) is 0 Å². The average Bonchev–Trinajstić information content (AvgIpc) is 3.64. The maximum atomic E-state index is 13.5. The van der Waals surface area contributed by atoms with Gasteiger partial charge in [-0.25, -0.2) is 15.0 Å². The van der Waals surface area contributed by atoms with Gasteiger partial charge in [0.2, 0.25) is 0 Å². The summed E-state index contributed by atoms with van der Waals surface area (Å²) in [5.74, 6) is 1.85. The van der Waals surface area contributed by atoms with E-state index in [9.17, 15) is 4.79 Å². The van der Waals surface area contributed by atoms with Crippen molar-refractivity contribution in [1.82, 2.24) is 29.7 Å². The number of benzene rings is 2. The fourth-order valence-corrected chi connectivity index (χ4v) is 6.41. The van der Waals surface area contributed by atoms with Crippen LogP contribution in [-0.2, 0) is 6.54 Å². The second kappa shape index (κ2) is 9.87. The lowest BCUT2D eigenvalue weighted by molar-refractivity contribution is 0.0710. The number of anilines is 1. The number of ether oxygens (including phenoxy) is 1. The van der Waals surface area contributed by atoms with E-state index in [4.69, 9.17) is 4.74 Å². The minimum Gasteiger partial charge on any atom is -0.491 e. The molecule has 0 bridgehead atoms. The van der Waals surface area contributed by atoms with Crippen LogP contribution < -0.4 is 9.64 Å². The Morgan fingerprint density at radius 2 is 1.89 bits per heavy atom. The lowest BCUT2D eigenvalue weighted by Gasteiger charge is -2.33. The van der Waals surface area contributed by atoms with E-state index in [1.54, 1.807) is 12.7 Å². The first kappa shape index (κ1) is 23.4. The van der Waals surface area contributed by atoms with Crippen molar-refractivity contribution in [3.63, 3.8) is 0 Å². The molecule has 2 fully saturated rings. The van der Waals surface area contributed by atoms with E-state index < -0.39 is 0 Å². The van der Waals surface area contributed by atoms with Gasteiger partial charge in [-0.15, -0.1) is 0 Å². The number of carbonyl (C=O) groups is 1. The normalized spacial score (nSPS) is 20.1. The SMILES string of the molecule is O=C1c2cccc3c(OCC4CCCN4c4ncnc5nc[nH]c45)ccc(c23)CN1CCN1CCCCC1. The fraction of sp³-hybridized carbons (Fsp3) is 0.448. The van der Waals surface area contributed by atoms with E-state index in [0.29, 0.717) is 18.8 Å². The van der Waals surface area contributed by atoms with Crippen LogP contribution in [0.5, 0.6) is 5.75 Å². The summed E-state index contributed by atoms with van der Waals surface area (Å²) in [5.41, 5.74) is 3.54. The van der Waals surface area contributed by atoms with Gasteiger partial charge in [0, 0.05) is 42.5 Å². The molecule has 38 heavy (non-hydrogen) atoms. The van der Waals surface area contributed by atoms with E-state index >= 15 is 0 Å². The third kappa shape index (κ3) is 4.15. The van der Waals surface area contributed by atoms with Crippen LogP contribution in [-0.4, -0.2) is 81.0 Å². The highest BCUT2D eigenvalue weighted by molar-refractivity contribution is 6.11. The molecule has 1 amide bonds. The maximum Gasteiger partial charge on any atom is 0.254 e. The molecule has 2 aromatic heterocycles. The van der Waals surface area contributed by atoms with Gasteiger partial charge in [0.15, 0.2) is 11.5 Å². The van der Waals surface area contributed by atoms with Gasteiger partial charge in [-0.2, -0.15) is 0 Å². The van der Waals surface area contributed by atoms with E-state index in [1.165, 1.54) is 24.8 Å². The number of imidazole rings is 1. The molecule has 3 aliphatic heterocycles. The standard InChI is InChI=1S/C29H33N7O2/c37-29-23-8-4-7-22-24(10-9-20(25(22)23)16-35(29)15-14-34-11-2-1-3-12-34)38-17-21-6-5-13-36(21)28-26-27(31-18-30-26)32-19-33-28/h4,7-10,18-19,21H,1-3,5-6,11-17H2,(H,30,31,32,33). The van der Waals surface area contributed by atoms with Crippen LogP contribution in [0.4, 0.5) is 5.82 Å². The molecular weight excluding hydrogens is 478 g/mol. The topological polar surface area (TPSA) is 90.5 Å². The van der Waals surface area contributed by atoms with Gasteiger partial charge in [0.05, 0.1) is 12.4 Å². The fourth-order valence-electron chi connectivity index (χ4n) is 6.41. The monoisotopic (exact) mass is 511 g/mol. The van der Waals surface area contributed by atoms with Crippen molar-refractivity contribution in [3.05, 3.63) is 54.1 Å². The molecule has 196 valence electrons. The van der Waals surface area contributed by atoms with Crippen molar-refractivity contribution in [2.45, 2.75) is 44.7 Å². The van der Waals surface area contributed by atoms with E-state index in [-0.39, 0.29) is 11.9 Å². The number of hydrogen-bond donors (Lipinski definition) is 1. The quantitative estimate of drug-likeness (QED) is 0.401. The zero-order chi connectivity index (χ0) is 25.5. The summed E-state index contributed by atoms with van der Waals surface area (Å²) < 4.78 is 6.47. The summed E-state index contributed by atoms with van der Waals surface area (Å²) in [7, 11) is 0. The Kier molecular flexibility index (Phi) is 6.08. The van der Waals surface area contributed by atoms with Crippen molar-refractivity contribution >= 4 is 33.7 Å². The summed E-state index contributed by atoms with van der Waals surface area (Å²) in [6, 6.07) is 10.5. The number of fused-ring (bicyclic) bond motifs is 1. The Balaban J connectivity index is 1.09. The number of aromatic amines is 1. The number of aromatic nitrogens is 4. The number of rotatable bonds is 7. The number of amides is 1. The number of piperidine rings is 1. The highest BCUT2D eigenvalue weighted by Gasteiger charge is 2.30. The van der Waals surface area contributed by atoms with Crippen LogP contribution in [0.3, 0.4) is 0 Å². The van der Waals surface area contributed by atoms with Crippen LogP contribution in [0.2, 0.25) is 0 Å². The first-order valence-corrected chi connectivity index (χ1v) is 13.9. The molecule has 4 aromatic rings. The lowest BCUT2D eigenvalue weighted by Crippen LogP contribution is -2.41. The van der Waals surface area contributed by atoms with Crippen molar-refractivity contribution in [2.24, 2.45) is 0 Å². The van der Waals surface area contributed by atoms with Gasteiger partial charge in [-0.3, -0.25) is 4.79 Å². The smallest absolute Gasteiger partial charge is 0.254 e. The van der Waals surface area contributed by atoms with Gasteiger partial charge in [-0.05, 0) is 56.5 Å². The van der Waals surface area contributed by atoms with E-state index in [1.807, 2.05) is 17.0 Å². The average molecular weight is 512 g/mol. The van der Waals surface area contributed by atoms with Gasteiger partial charge >= 0.3 is 0 Å². The van der Waals surface area contributed by atoms with Crippen molar-refractivity contribution < 1.29 is 9.53 Å². The predicted molar refractivity (Wildman–Crippen MR) is 147 cm³/mol. The predicted octanol–water partition coefficient (Wildman–Crippen LogP) is 4.00. The molecule has 0 aliphatic carbocycles. The van der Waals surface area contributed by atoms with Crippen molar-refractivity contribution in [3.8, 4) is 5.75 Å². The van der Waals surface area contributed by atoms with Crippen LogP contribution in [0, 0.1) is 0 Å². The molecule has 7 rings (SSSR count). The van der Waals surface area contributed by atoms with Gasteiger partial charge in [-0.1, -0.05) is 24.6 Å². The van der Waals surface area contributed by atoms with Crippen LogP contribution >= 0.6 is 0 Å². The third-order valence-corrected chi connectivity index (χ3v) is 8.38. The molecule has 9 nitrogen and oxygen atoms in total. The molecule has 0 saturated carbocycles. The number of nitrogens with zero attached hydrogens (tertiary/aromatic N) is 6. The summed E-state index contributed by atoms with van der Waals surface area (Å²) in [6.45, 7) is 6.16. The minimum atomic E-state index is 0.131. The molecule has 9 heteroatoms. The van der Waals surface area contributed by atoms with Gasteiger partial charge < -0.3 is 24.4 Å². The van der Waals surface area contributed by atoms with E-state index in [0.717, 1.165) is 79.0 Å². The Bertz CT molecular complexity index is 1480. The number of carbonyl (C=O) groups excluding carboxylic acids is 1. The largest absolute Gasteiger partial charge is 0.491 e. The highest BCUT2D eigenvalue weighted by atomic mass is 16.5. The maximum absolute atomic E-state index is 13.5. The molecule has 0 spiro atoms. The molecule has 2 saturated heterocycles. The zero-order valence-electron chi connectivity index (χ0n) is 21.6. The van der Waals surface area contributed by atoms with Crippen LogP contribution in [0.15, 0.2) is 43.0 Å². The molecule has 2 aromatic carbocycles. The molecule has 1 atom stereocenters. The molecule has 1 N–H and O–H groups in total. The number of H-pyrrole nitrogens is 1. The lowest BCUT2D eigenvalue weighted by atomic mass is 9.94. The zero-order valence-corrected chi connectivity index (χ0v) is 21.6. The summed E-state index contributed by atoms with van der Waals surface area (Å²) in [6.07, 6.45) is 9.22. The Labute approximate surface area is 221 Å². The second-order valence-corrected chi connectivity index (χ2v) is 10.7. The second-order valence-electron chi connectivity index (χ2n) is 10.7. The Hall–Kier alpha value is -3.72. The Morgan fingerprint density at radius 3 is 2.82 bits per heavy atom. The van der Waals surface area contributed by atoms with Gasteiger partial charge in [0.1, 0.15) is 24.2 Å². The summed E-state index contributed by atoms with van der Waals surface area (Å²) in [5, 5.41) is 2.06. The molecule has 5 heterocycles. The minimum absolute atomic E-state index is 0.131. The first-order valence-electron chi connectivity index (χ1n) is 13.9. The number of hydrogen-bond acceptors (Lipinski definition) is 7. The third-order valence-electron chi connectivity index (χ3n) is 8.38. The Morgan fingerprint density at radius 1 is 0.974 bits per heavy atom. The van der Waals surface area contributed by atoms with E-state index in [2.05, 4.69) is 47.9 Å². The number of likely N-dealkylation sites (tertiary alicyclic amines) is 1. The molecule has 1 unspecified atom stereocenters. The summed E-state index contributed by atoms with van der Waals surface area (Å²) >= 11 is 0. The number of nitrogens with one attached hydrogen (secondary N) is 1. The van der Waals surface area contributed by atoms with Crippen LogP contribution in [0.25, 0.3) is 21.9 Å². The van der Waals surface area contributed by atoms with Crippen molar-refractivity contribution in [2.75, 3.05) is 44.2 Å². The van der Waals surface area contributed by atoms with Gasteiger partial charge in [0.25, 0.3) is 5.91 Å². The highest BCUT2D eigenvalue weighted by Crippen LogP contribution is 2.36. The summed E-state index contributed by atoms with van der Waals surface area (Å²) in [4.78, 5) is 36.6. The first-order chi connectivity index (χ1) is 18.8. The molecular formula is C29H33N7O2. The molecule has 3 aliphatic rings. The molecule has 0 radical (unpaired) electrons.